The summed E-state index contributed by atoms with van der Waals surface area (Å²) in [7, 11) is -3.47. The minimum atomic E-state index is -3.47. The summed E-state index contributed by atoms with van der Waals surface area (Å²) < 4.78 is 37.5. The van der Waals surface area contributed by atoms with Crippen molar-refractivity contribution in [2.75, 3.05) is 48.8 Å². The Morgan fingerprint density at radius 3 is 2.56 bits per heavy atom. The van der Waals surface area contributed by atoms with Crippen molar-refractivity contribution in [3.05, 3.63) is 48.2 Å². The summed E-state index contributed by atoms with van der Waals surface area (Å²) in [6, 6.07) is 7.45. The van der Waals surface area contributed by atoms with E-state index in [1.807, 2.05) is 12.1 Å². The van der Waals surface area contributed by atoms with E-state index < -0.39 is 28.0 Å². The van der Waals surface area contributed by atoms with Gasteiger partial charge in [0.2, 0.25) is 0 Å². The molecule has 0 bridgehead atoms. The molecule has 0 unspecified atom stereocenters. The number of nitrogens with zero attached hydrogens (tertiary/aromatic N) is 3. The van der Waals surface area contributed by atoms with Crippen molar-refractivity contribution in [3.63, 3.8) is 0 Å². The van der Waals surface area contributed by atoms with Crippen LogP contribution in [-0.2, 0) is 29.1 Å². The number of hydrogen-bond donors (Lipinski definition) is 1. The number of rotatable bonds is 5. The zero-order valence-electron chi connectivity index (χ0n) is 17.6. The zero-order valence-corrected chi connectivity index (χ0v) is 18.4. The Kier molecular flexibility index (Phi) is 6.28. The van der Waals surface area contributed by atoms with E-state index in [0.29, 0.717) is 18.9 Å². The maximum Gasteiger partial charge on any atom is 0.340 e. The Balaban J connectivity index is 1.32. The number of anilines is 2. The average Bonchev–Trinajstić information content (AvgIpc) is 2.79. The van der Waals surface area contributed by atoms with Gasteiger partial charge in [-0.05, 0) is 43.3 Å². The summed E-state index contributed by atoms with van der Waals surface area (Å²) in [5.74, 6) is -1.02. The number of carbonyl (C=O) groups excluding carboxylic acids is 2. The highest BCUT2D eigenvalue weighted by atomic mass is 32.2. The maximum absolute atomic E-state index is 12.5. The van der Waals surface area contributed by atoms with E-state index >= 15 is 0 Å². The van der Waals surface area contributed by atoms with Crippen molar-refractivity contribution in [1.29, 1.82) is 0 Å². The highest BCUT2D eigenvalue weighted by Gasteiger charge is 2.27. The lowest BCUT2D eigenvalue weighted by Gasteiger charge is -2.29. The van der Waals surface area contributed by atoms with Crippen LogP contribution in [-0.4, -0.2) is 75.7 Å². The van der Waals surface area contributed by atoms with Crippen LogP contribution in [0.4, 0.5) is 11.4 Å². The maximum atomic E-state index is 12.5. The summed E-state index contributed by atoms with van der Waals surface area (Å²) in [6.07, 6.45) is 3.32. The van der Waals surface area contributed by atoms with E-state index in [4.69, 9.17) is 9.47 Å². The van der Waals surface area contributed by atoms with Crippen molar-refractivity contribution in [2.45, 2.75) is 13.0 Å². The number of carbonyl (C=O) groups is 2. The fraction of sp³-hybridized carbons (Fsp3) is 0.381. The molecule has 10 nitrogen and oxygen atoms in total. The monoisotopic (exact) mass is 460 g/mol. The van der Waals surface area contributed by atoms with Crippen LogP contribution in [0.3, 0.4) is 0 Å². The third kappa shape index (κ3) is 5.17. The van der Waals surface area contributed by atoms with Gasteiger partial charge >= 0.3 is 5.97 Å². The van der Waals surface area contributed by atoms with Crippen LogP contribution in [0, 0.1) is 0 Å². The fourth-order valence-electron chi connectivity index (χ4n) is 3.42. The van der Waals surface area contributed by atoms with Crippen molar-refractivity contribution in [3.8, 4) is 0 Å². The molecule has 0 aliphatic carbocycles. The lowest BCUT2D eigenvalue weighted by Crippen LogP contribution is -2.37. The number of amides is 1. The van der Waals surface area contributed by atoms with Gasteiger partial charge in [-0.25, -0.2) is 13.2 Å². The predicted octanol–water partition coefficient (Wildman–Crippen LogP) is 0.891. The molecule has 0 radical (unpaired) electrons. The standard InChI is InChI=1S/C21H24N4O6S/c1-15(20(26)22-17-3-5-18(6-4-17)24-8-11-30-12-9-24)31-21(27)16-2-7-19-23-32(28,29)13-10-25(19)14-16/h2-7,14-15H,8-13H2,1H3,(H,22,26)/t15-/m0/s1. The van der Waals surface area contributed by atoms with Gasteiger partial charge in [0.05, 0.1) is 24.5 Å². The highest BCUT2D eigenvalue weighted by molar-refractivity contribution is 7.90. The van der Waals surface area contributed by atoms with Crippen molar-refractivity contribution in [2.24, 2.45) is 4.40 Å². The van der Waals surface area contributed by atoms with Gasteiger partial charge in [0.1, 0.15) is 5.84 Å². The van der Waals surface area contributed by atoms with E-state index in [-0.39, 0.29) is 23.7 Å². The molecule has 1 atom stereocenters. The average molecular weight is 461 g/mol. The van der Waals surface area contributed by atoms with Crippen LogP contribution in [0.2, 0.25) is 0 Å². The molecule has 3 aliphatic rings. The third-order valence-corrected chi connectivity index (χ3v) is 6.39. The molecule has 170 valence electrons. The number of morpholine rings is 1. The van der Waals surface area contributed by atoms with Gasteiger partial charge in [0.25, 0.3) is 15.9 Å². The van der Waals surface area contributed by atoms with Crippen molar-refractivity contribution >= 4 is 39.1 Å². The number of ether oxygens (including phenoxy) is 2. The van der Waals surface area contributed by atoms with E-state index in [2.05, 4.69) is 14.6 Å². The Morgan fingerprint density at radius 2 is 1.84 bits per heavy atom. The molecule has 3 aliphatic heterocycles. The predicted molar refractivity (Wildman–Crippen MR) is 119 cm³/mol. The molecule has 1 N–H and O–H groups in total. The topological polar surface area (TPSA) is 118 Å². The molecular formula is C21H24N4O6S. The lowest BCUT2D eigenvalue weighted by molar-refractivity contribution is -0.149. The Bertz CT molecular complexity index is 1090. The van der Waals surface area contributed by atoms with Crippen LogP contribution < -0.4 is 10.2 Å². The molecule has 1 saturated heterocycles. The molecular weight excluding hydrogens is 436 g/mol. The molecule has 0 spiro atoms. The van der Waals surface area contributed by atoms with E-state index in [0.717, 1.165) is 18.8 Å². The Morgan fingerprint density at radius 1 is 1.12 bits per heavy atom. The number of amidine groups is 1. The molecule has 4 rings (SSSR count). The number of benzene rings is 1. The highest BCUT2D eigenvalue weighted by Crippen LogP contribution is 2.20. The fourth-order valence-corrected chi connectivity index (χ4v) is 4.39. The third-order valence-electron chi connectivity index (χ3n) is 5.22. The van der Waals surface area contributed by atoms with Crippen LogP contribution in [0.1, 0.15) is 6.92 Å². The normalized spacial score (nSPS) is 20.5. The van der Waals surface area contributed by atoms with Gasteiger partial charge in [-0.1, -0.05) is 0 Å². The molecule has 1 fully saturated rings. The van der Waals surface area contributed by atoms with Gasteiger partial charge in [-0.3, -0.25) is 4.79 Å². The molecule has 1 aromatic rings. The molecule has 3 heterocycles. The van der Waals surface area contributed by atoms with Crippen LogP contribution in [0.25, 0.3) is 0 Å². The molecule has 1 aromatic carbocycles. The van der Waals surface area contributed by atoms with Gasteiger partial charge in [-0.15, -0.1) is 4.40 Å². The minimum absolute atomic E-state index is 0.133. The first-order valence-corrected chi connectivity index (χ1v) is 11.9. The summed E-state index contributed by atoms with van der Waals surface area (Å²) in [5, 5.41) is 2.74. The molecule has 0 aromatic heterocycles. The first-order valence-electron chi connectivity index (χ1n) is 10.2. The van der Waals surface area contributed by atoms with Crippen LogP contribution in [0.5, 0.6) is 0 Å². The number of sulfonamides is 1. The van der Waals surface area contributed by atoms with E-state index in [9.17, 15) is 18.0 Å². The van der Waals surface area contributed by atoms with E-state index in [1.165, 1.54) is 25.3 Å². The second kappa shape index (κ2) is 9.13. The second-order valence-electron chi connectivity index (χ2n) is 7.53. The molecule has 1 amide bonds. The first-order chi connectivity index (χ1) is 15.3. The number of fused-ring (bicyclic) bond motifs is 1. The SMILES string of the molecule is C[C@H](OC(=O)C1=CN2CCS(=O)(=O)N=C2C=C1)C(=O)Nc1ccc(N2CCOCC2)cc1. The molecule has 0 saturated carbocycles. The summed E-state index contributed by atoms with van der Waals surface area (Å²) in [6.45, 7) is 4.71. The van der Waals surface area contributed by atoms with Crippen LogP contribution in [0.15, 0.2) is 52.6 Å². The first kappa shape index (κ1) is 22.0. The number of esters is 1. The zero-order chi connectivity index (χ0) is 22.7. The molecule has 11 heteroatoms. The summed E-state index contributed by atoms with van der Waals surface area (Å²) in [4.78, 5) is 28.7. The Labute approximate surface area is 186 Å². The van der Waals surface area contributed by atoms with Gasteiger partial charge in [-0.2, -0.15) is 0 Å². The smallest absolute Gasteiger partial charge is 0.340 e. The second-order valence-corrected chi connectivity index (χ2v) is 9.28. The quantitative estimate of drug-likeness (QED) is 0.644. The summed E-state index contributed by atoms with van der Waals surface area (Å²) in [5.41, 5.74) is 1.86. The largest absolute Gasteiger partial charge is 0.449 e. The van der Waals surface area contributed by atoms with Gasteiger partial charge < -0.3 is 24.6 Å². The van der Waals surface area contributed by atoms with E-state index in [1.54, 1.807) is 17.0 Å². The van der Waals surface area contributed by atoms with Gasteiger partial charge in [0.15, 0.2) is 6.10 Å². The summed E-state index contributed by atoms with van der Waals surface area (Å²) >= 11 is 0. The van der Waals surface area contributed by atoms with Crippen molar-refractivity contribution < 1.29 is 27.5 Å². The van der Waals surface area contributed by atoms with Crippen molar-refractivity contribution in [1.82, 2.24) is 4.90 Å². The minimum Gasteiger partial charge on any atom is -0.449 e. The lowest BCUT2D eigenvalue weighted by atomic mass is 10.2. The number of nitrogens with one attached hydrogen (secondary N) is 1. The Hall–Kier alpha value is -3.18. The van der Waals surface area contributed by atoms with Crippen LogP contribution >= 0.6 is 0 Å². The van der Waals surface area contributed by atoms with Gasteiger partial charge in [0, 0.05) is 37.2 Å². The number of hydrogen-bond acceptors (Lipinski definition) is 8. The molecule has 32 heavy (non-hydrogen) atoms.